The standard InChI is InChI=1S/C20H27NO5S2/c1-24-18(22)17-15-9-8-14(12-26-20(27)28-2)16(15)10-21(17)19(23)25-11-13-6-4-3-5-7-13/h3-7,14-17,20,27H,8-12H2,1-2H3/t14?,15-,16?,17-,20?/m0/s1. The molecule has 0 radical (unpaired) electrons. The number of ether oxygens (including phenoxy) is 3. The molecule has 3 unspecified atom stereocenters. The molecule has 8 heteroatoms. The Morgan fingerprint density at radius 2 is 2.00 bits per heavy atom. The number of hydrogen-bond donors (Lipinski definition) is 1. The predicted molar refractivity (Wildman–Crippen MR) is 111 cm³/mol. The average molecular weight is 426 g/mol. The van der Waals surface area contributed by atoms with Gasteiger partial charge in [-0.15, -0.1) is 24.4 Å². The first-order valence-electron chi connectivity index (χ1n) is 9.42. The second kappa shape index (κ2) is 9.89. The van der Waals surface area contributed by atoms with Gasteiger partial charge in [0.15, 0.2) is 0 Å². The highest BCUT2D eigenvalue weighted by Crippen LogP contribution is 2.46. The van der Waals surface area contributed by atoms with E-state index in [1.54, 1.807) is 4.90 Å². The van der Waals surface area contributed by atoms with Crippen LogP contribution in [-0.4, -0.2) is 54.3 Å². The monoisotopic (exact) mass is 425 g/mol. The van der Waals surface area contributed by atoms with Gasteiger partial charge in [0.05, 0.1) is 13.7 Å². The summed E-state index contributed by atoms with van der Waals surface area (Å²) < 4.78 is 16.1. The molecule has 6 nitrogen and oxygen atoms in total. The molecule has 0 N–H and O–H groups in total. The SMILES string of the molecule is COC(=O)[C@@H]1[C@H]2CCC(COC(S)SC)C2CN1C(=O)OCc1ccccc1. The number of methoxy groups -OCH3 is 1. The van der Waals surface area contributed by atoms with Crippen LogP contribution in [0.5, 0.6) is 0 Å². The first-order valence-corrected chi connectivity index (χ1v) is 11.2. The van der Waals surface area contributed by atoms with Gasteiger partial charge >= 0.3 is 12.1 Å². The summed E-state index contributed by atoms with van der Waals surface area (Å²) in [4.78, 5) is 26.7. The lowest BCUT2D eigenvalue weighted by Crippen LogP contribution is -2.44. The Morgan fingerprint density at radius 3 is 2.68 bits per heavy atom. The Labute approximate surface area is 175 Å². The highest BCUT2D eigenvalue weighted by Gasteiger charge is 2.54. The number of benzene rings is 1. The van der Waals surface area contributed by atoms with E-state index in [0.29, 0.717) is 19.1 Å². The summed E-state index contributed by atoms with van der Waals surface area (Å²) >= 11 is 5.90. The second-order valence-electron chi connectivity index (χ2n) is 7.20. The summed E-state index contributed by atoms with van der Waals surface area (Å²) in [7, 11) is 1.36. The number of likely N-dealkylation sites (tertiary alicyclic amines) is 1. The molecular formula is C20H27NO5S2. The maximum Gasteiger partial charge on any atom is 0.410 e. The summed E-state index contributed by atoms with van der Waals surface area (Å²) in [6.07, 6.45) is 3.33. The number of thiol groups is 1. The van der Waals surface area contributed by atoms with Crippen molar-refractivity contribution in [1.29, 1.82) is 0 Å². The van der Waals surface area contributed by atoms with Gasteiger partial charge in [0.1, 0.15) is 17.4 Å². The number of rotatable bonds is 7. The molecule has 28 heavy (non-hydrogen) atoms. The van der Waals surface area contributed by atoms with E-state index in [4.69, 9.17) is 14.2 Å². The fourth-order valence-electron chi connectivity index (χ4n) is 4.33. The van der Waals surface area contributed by atoms with Crippen molar-refractivity contribution in [2.24, 2.45) is 17.8 Å². The van der Waals surface area contributed by atoms with E-state index in [1.807, 2.05) is 36.6 Å². The van der Waals surface area contributed by atoms with Crippen LogP contribution in [0.2, 0.25) is 0 Å². The van der Waals surface area contributed by atoms with E-state index < -0.39 is 12.1 Å². The molecule has 5 atom stereocenters. The van der Waals surface area contributed by atoms with Crippen molar-refractivity contribution in [2.45, 2.75) is 30.3 Å². The molecule has 3 rings (SSSR count). The molecule has 2 aliphatic rings. The zero-order valence-electron chi connectivity index (χ0n) is 16.2. The van der Waals surface area contributed by atoms with Crippen LogP contribution in [0.3, 0.4) is 0 Å². The first-order chi connectivity index (χ1) is 13.5. The lowest BCUT2D eigenvalue weighted by molar-refractivity contribution is -0.146. The molecular weight excluding hydrogens is 398 g/mol. The van der Waals surface area contributed by atoms with E-state index in [0.717, 1.165) is 18.4 Å². The summed E-state index contributed by atoms with van der Waals surface area (Å²) in [5.74, 6) is 0.210. The van der Waals surface area contributed by atoms with E-state index in [-0.39, 0.29) is 29.2 Å². The van der Waals surface area contributed by atoms with Crippen LogP contribution in [0.25, 0.3) is 0 Å². The van der Waals surface area contributed by atoms with Gasteiger partial charge in [-0.3, -0.25) is 4.90 Å². The minimum absolute atomic E-state index is 0.0815. The Bertz CT molecular complexity index is 674. The number of nitrogens with zero attached hydrogens (tertiary/aromatic N) is 1. The summed E-state index contributed by atoms with van der Waals surface area (Å²) in [6, 6.07) is 8.92. The number of fused-ring (bicyclic) bond motifs is 1. The molecule has 1 aliphatic carbocycles. The first kappa shape index (κ1) is 21.3. The van der Waals surface area contributed by atoms with Crippen molar-refractivity contribution in [2.75, 3.05) is 26.5 Å². The van der Waals surface area contributed by atoms with Gasteiger partial charge in [-0.1, -0.05) is 30.3 Å². The van der Waals surface area contributed by atoms with Crippen LogP contribution < -0.4 is 0 Å². The number of carbonyl (C=O) groups excluding carboxylic acids is 2. The summed E-state index contributed by atoms with van der Waals surface area (Å²) in [5, 5.41) is 0. The van der Waals surface area contributed by atoms with Crippen molar-refractivity contribution >= 4 is 36.5 Å². The molecule has 0 aromatic heterocycles. The Kier molecular flexibility index (Phi) is 7.54. The third-order valence-corrected chi connectivity index (χ3v) is 7.03. The number of carbonyl (C=O) groups is 2. The van der Waals surface area contributed by atoms with Crippen molar-refractivity contribution in [3.05, 3.63) is 35.9 Å². The zero-order valence-corrected chi connectivity index (χ0v) is 17.9. The minimum atomic E-state index is -0.587. The van der Waals surface area contributed by atoms with Gasteiger partial charge in [-0.05, 0) is 42.4 Å². The van der Waals surface area contributed by atoms with Crippen molar-refractivity contribution < 1.29 is 23.8 Å². The van der Waals surface area contributed by atoms with Crippen LogP contribution in [0.4, 0.5) is 4.79 Å². The fraction of sp³-hybridized carbons (Fsp3) is 0.600. The number of thioether (sulfide) groups is 1. The van der Waals surface area contributed by atoms with Crippen molar-refractivity contribution in [1.82, 2.24) is 4.90 Å². The lowest BCUT2D eigenvalue weighted by atomic mass is 9.89. The highest BCUT2D eigenvalue weighted by atomic mass is 32.2. The fourth-order valence-corrected chi connectivity index (χ4v) is 4.63. The van der Waals surface area contributed by atoms with Gasteiger partial charge in [-0.25, -0.2) is 9.59 Å². The highest BCUT2D eigenvalue weighted by molar-refractivity contribution is 8.09. The van der Waals surface area contributed by atoms with E-state index in [1.165, 1.54) is 18.9 Å². The largest absolute Gasteiger partial charge is 0.467 e. The van der Waals surface area contributed by atoms with Gasteiger partial charge in [0.25, 0.3) is 0 Å². The van der Waals surface area contributed by atoms with Crippen molar-refractivity contribution in [3.8, 4) is 0 Å². The van der Waals surface area contributed by atoms with Crippen LogP contribution >= 0.6 is 24.4 Å². The topological polar surface area (TPSA) is 65.1 Å². The van der Waals surface area contributed by atoms with Crippen LogP contribution in [-0.2, 0) is 25.6 Å². The zero-order chi connectivity index (χ0) is 20.1. The average Bonchev–Trinajstić information content (AvgIpc) is 3.29. The van der Waals surface area contributed by atoms with E-state index in [2.05, 4.69) is 12.6 Å². The quantitative estimate of drug-likeness (QED) is 0.410. The normalized spacial score (nSPS) is 27.3. The molecule has 154 valence electrons. The second-order valence-corrected chi connectivity index (χ2v) is 8.92. The molecule has 0 bridgehead atoms. The Morgan fingerprint density at radius 1 is 1.25 bits per heavy atom. The van der Waals surface area contributed by atoms with Crippen LogP contribution in [0.15, 0.2) is 30.3 Å². The maximum atomic E-state index is 12.7. The maximum absolute atomic E-state index is 12.7. The predicted octanol–water partition coefficient (Wildman–Crippen LogP) is 3.42. The molecule has 0 spiro atoms. The summed E-state index contributed by atoms with van der Waals surface area (Å²) in [5.41, 5.74) is 0.910. The Balaban J connectivity index is 1.66. The molecule has 1 aromatic carbocycles. The molecule has 2 fully saturated rings. The van der Waals surface area contributed by atoms with E-state index in [9.17, 15) is 9.59 Å². The third kappa shape index (κ3) is 4.78. The van der Waals surface area contributed by atoms with Crippen molar-refractivity contribution in [3.63, 3.8) is 0 Å². The molecule has 1 aromatic rings. The smallest absolute Gasteiger partial charge is 0.410 e. The van der Waals surface area contributed by atoms with E-state index >= 15 is 0 Å². The molecule has 1 aliphatic heterocycles. The van der Waals surface area contributed by atoms with Gasteiger partial charge in [-0.2, -0.15) is 0 Å². The van der Waals surface area contributed by atoms with Crippen LogP contribution in [0.1, 0.15) is 18.4 Å². The molecule has 1 saturated carbocycles. The molecule has 1 heterocycles. The lowest BCUT2D eigenvalue weighted by Gasteiger charge is -2.25. The molecule has 1 saturated heterocycles. The van der Waals surface area contributed by atoms with Gasteiger partial charge in [0.2, 0.25) is 0 Å². The van der Waals surface area contributed by atoms with Gasteiger partial charge in [0, 0.05) is 6.54 Å². The Hall–Kier alpha value is -1.38. The number of amides is 1. The number of hydrogen-bond acceptors (Lipinski definition) is 7. The minimum Gasteiger partial charge on any atom is -0.467 e. The summed E-state index contributed by atoms with van der Waals surface area (Å²) in [6.45, 7) is 1.25. The number of esters is 1. The molecule has 1 amide bonds. The van der Waals surface area contributed by atoms with Gasteiger partial charge < -0.3 is 14.2 Å². The third-order valence-electron chi connectivity index (χ3n) is 5.71. The van der Waals surface area contributed by atoms with Crippen LogP contribution in [0, 0.1) is 17.8 Å².